The maximum Gasteiger partial charge on any atom is 0.262 e. The summed E-state index contributed by atoms with van der Waals surface area (Å²) in [5.41, 5.74) is 4.85. The highest BCUT2D eigenvalue weighted by molar-refractivity contribution is 7.18. The predicted molar refractivity (Wildman–Crippen MR) is 118 cm³/mol. The van der Waals surface area contributed by atoms with Crippen molar-refractivity contribution in [1.29, 1.82) is 0 Å². The van der Waals surface area contributed by atoms with Gasteiger partial charge in [0.05, 0.1) is 5.39 Å². The van der Waals surface area contributed by atoms with E-state index in [2.05, 4.69) is 42.2 Å². The van der Waals surface area contributed by atoms with Crippen LogP contribution in [0, 0.1) is 13.8 Å². The van der Waals surface area contributed by atoms with Crippen LogP contribution in [0.2, 0.25) is 0 Å². The number of hydrogen-bond donors (Lipinski definition) is 0. The largest absolute Gasteiger partial charge is 0.372 e. The van der Waals surface area contributed by atoms with E-state index < -0.39 is 0 Å². The van der Waals surface area contributed by atoms with Gasteiger partial charge < -0.3 is 4.90 Å². The summed E-state index contributed by atoms with van der Waals surface area (Å²) in [6.45, 7) is 7.15. The average molecular weight is 392 g/mol. The summed E-state index contributed by atoms with van der Waals surface area (Å²) in [5.74, 6) is 0.846. The molecule has 3 aromatic rings. The highest BCUT2D eigenvalue weighted by Gasteiger charge is 2.23. The van der Waals surface area contributed by atoms with Crippen LogP contribution >= 0.6 is 11.3 Å². The smallest absolute Gasteiger partial charge is 0.262 e. The Kier molecular flexibility index (Phi) is 4.35. The Morgan fingerprint density at radius 1 is 1.04 bits per heavy atom. The van der Waals surface area contributed by atoms with Gasteiger partial charge >= 0.3 is 0 Å². The lowest BCUT2D eigenvalue weighted by Crippen LogP contribution is -2.29. The van der Waals surface area contributed by atoms with Crippen molar-refractivity contribution in [2.75, 3.05) is 18.0 Å². The van der Waals surface area contributed by atoms with Crippen molar-refractivity contribution < 1.29 is 0 Å². The first-order valence-electron chi connectivity index (χ1n) is 10.2. The Labute approximate surface area is 169 Å². The summed E-state index contributed by atoms with van der Waals surface area (Å²) in [6, 6.07) is 8.83. The SMILES string of the molecule is Cc1sc2nc3n(c(=O)c2c1C)CC/C3=C/c1ccc(N2CCCCC2)cc1. The fourth-order valence-corrected chi connectivity index (χ4v) is 5.42. The second-order valence-corrected chi connectivity index (χ2v) is 9.12. The van der Waals surface area contributed by atoms with Gasteiger partial charge in [-0.05, 0) is 74.4 Å². The summed E-state index contributed by atoms with van der Waals surface area (Å²) in [6.07, 6.45) is 7.00. The first kappa shape index (κ1) is 17.7. The third kappa shape index (κ3) is 2.89. The molecule has 0 radical (unpaired) electrons. The number of rotatable bonds is 2. The molecule has 0 unspecified atom stereocenters. The van der Waals surface area contributed by atoms with E-state index in [1.165, 1.54) is 35.4 Å². The monoisotopic (exact) mass is 391 g/mol. The summed E-state index contributed by atoms with van der Waals surface area (Å²) >= 11 is 1.63. The minimum Gasteiger partial charge on any atom is -0.372 e. The molecule has 1 fully saturated rings. The standard InChI is InChI=1S/C23H25N3OS/c1-15-16(2)28-22-20(15)23(27)26-13-10-18(21(26)24-22)14-17-6-8-19(9-7-17)25-11-4-3-5-12-25/h6-9,14H,3-5,10-13H2,1-2H3/b18-14-. The average Bonchev–Trinajstić information content (AvgIpc) is 3.24. The zero-order valence-electron chi connectivity index (χ0n) is 16.5. The number of hydrogen-bond acceptors (Lipinski definition) is 4. The molecule has 144 valence electrons. The molecule has 0 spiro atoms. The molecule has 4 heterocycles. The molecule has 0 N–H and O–H groups in total. The van der Waals surface area contributed by atoms with Crippen molar-refractivity contribution in [3.8, 4) is 0 Å². The highest BCUT2D eigenvalue weighted by atomic mass is 32.1. The predicted octanol–water partition coefficient (Wildman–Crippen LogP) is 5.01. The van der Waals surface area contributed by atoms with Crippen LogP contribution < -0.4 is 10.5 Å². The van der Waals surface area contributed by atoms with Gasteiger partial charge in [0, 0.05) is 30.2 Å². The number of aryl methyl sites for hydroxylation is 2. The molecule has 1 saturated heterocycles. The van der Waals surface area contributed by atoms with Crippen LogP contribution in [0.15, 0.2) is 29.1 Å². The van der Waals surface area contributed by atoms with Crippen molar-refractivity contribution in [3.63, 3.8) is 0 Å². The molecular formula is C23H25N3OS. The summed E-state index contributed by atoms with van der Waals surface area (Å²) in [7, 11) is 0. The molecule has 28 heavy (non-hydrogen) atoms. The van der Waals surface area contributed by atoms with Crippen LogP contribution in [-0.2, 0) is 6.54 Å². The van der Waals surface area contributed by atoms with Gasteiger partial charge in [-0.2, -0.15) is 0 Å². The van der Waals surface area contributed by atoms with Gasteiger partial charge in [0.25, 0.3) is 5.56 Å². The van der Waals surface area contributed by atoms with Crippen molar-refractivity contribution in [3.05, 3.63) is 56.4 Å². The number of nitrogens with zero attached hydrogens (tertiary/aromatic N) is 3. The van der Waals surface area contributed by atoms with E-state index in [1.807, 2.05) is 11.5 Å². The van der Waals surface area contributed by atoms with Gasteiger partial charge in [-0.25, -0.2) is 4.98 Å². The molecule has 5 heteroatoms. The van der Waals surface area contributed by atoms with Gasteiger partial charge in [-0.1, -0.05) is 12.1 Å². The quantitative estimate of drug-likeness (QED) is 0.616. The number of fused-ring (bicyclic) bond motifs is 2. The van der Waals surface area contributed by atoms with Gasteiger partial charge in [0.1, 0.15) is 10.7 Å². The van der Waals surface area contributed by atoms with Crippen molar-refractivity contribution in [1.82, 2.24) is 9.55 Å². The summed E-state index contributed by atoms with van der Waals surface area (Å²) < 4.78 is 1.86. The molecule has 0 aliphatic carbocycles. The highest BCUT2D eigenvalue weighted by Crippen LogP contribution is 2.32. The minimum atomic E-state index is 0.116. The van der Waals surface area contributed by atoms with Gasteiger partial charge in [-0.3, -0.25) is 9.36 Å². The number of anilines is 1. The number of aromatic nitrogens is 2. The Balaban J connectivity index is 1.49. The van der Waals surface area contributed by atoms with Crippen molar-refractivity contribution in [2.45, 2.75) is 46.1 Å². The summed E-state index contributed by atoms with van der Waals surface area (Å²) in [4.78, 5) is 22.4. The Morgan fingerprint density at radius 2 is 1.79 bits per heavy atom. The molecule has 4 nitrogen and oxygen atoms in total. The summed E-state index contributed by atoms with van der Waals surface area (Å²) in [5, 5.41) is 0.804. The van der Waals surface area contributed by atoms with Gasteiger partial charge in [-0.15, -0.1) is 11.3 Å². The molecule has 2 aliphatic rings. The molecule has 0 atom stereocenters. The Hall–Kier alpha value is -2.40. The van der Waals surface area contributed by atoms with Crippen LogP contribution in [0.5, 0.6) is 0 Å². The van der Waals surface area contributed by atoms with Gasteiger partial charge in [0.2, 0.25) is 0 Å². The molecule has 0 amide bonds. The third-order valence-electron chi connectivity index (χ3n) is 6.14. The molecular weight excluding hydrogens is 366 g/mol. The number of benzene rings is 1. The Bertz CT molecular complexity index is 1130. The zero-order valence-corrected chi connectivity index (χ0v) is 17.3. The maximum absolute atomic E-state index is 13.0. The molecule has 2 aliphatic heterocycles. The number of thiophene rings is 1. The van der Waals surface area contributed by atoms with E-state index >= 15 is 0 Å². The maximum atomic E-state index is 13.0. The molecule has 0 bridgehead atoms. The van der Waals surface area contributed by atoms with E-state index in [4.69, 9.17) is 4.98 Å². The van der Waals surface area contributed by atoms with E-state index in [0.717, 1.165) is 53.2 Å². The molecule has 2 aromatic heterocycles. The lowest BCUT2D eigenvalue weighted by Gasteiger charge is -2.28. The van der Waals surface area contributed by atoms with Gasteiger partial charge in [0.15, 0.2) is 0 Å². The first-order valence-corrected chi connectivity index (χ1v) is 11.0. The van der Waals surface area contributed by atoms with E-state index in [-0.39, 0.29) is 5.56 Å². The lowest BCUT2D eigenvalue weighted by molar-refractivity contribution is 0.578. The molecule has 5 rings (SSSR count). The fraction of sp³-hybridized carbons (Fsp3) is 0.391. The van der Waals surface area contributed by atoms with Crippen molar-refractivity contribution >= 4 is 38.9 Å². The van der Waals surface area contributed by atoms with Crippen molar-refractivity contribution in [2.24, 2.45) is 0 Å². The normalized spacial score (nSPS) is 18.2. The van der Waals surface area contributed by atoms with Crippen LogP contribution in [0.3, 0.4) is 0 Å². The Morgan fingerprint density at radius 3 is 2.54 bits per heavy atom. The topological polar surface area (TPSA) is 38.1 Å². The van der Waals surface area contributed by atoms with Crippen LogP contribution in [-0.4, -0.2) is 22.6 Å². The minimum absolute atomic E-state index is 0.116. The van der Waals surface area contributed by atoms with Crippen LogP contribution in [0.4, 0.5) is 5.69 Å². The lowest BCUT2D eigenvalue weighted by atomic mass is 10.1. The zero-order chi connectivity index (χ0) is 19.3. The molecule has 1 aromatic carbocycles. The van der Waals surface area contributed by atoms with E-state index in [9.17, 15) is 4.79 Å². The second kappa shape index (κ2) is 6.89. The van der Waals surface area contributed by atoms with Crippen LogP contribution in [0.25, 0.3) is 21.9 Å². The van der Waals surface area contributed by atoms with E-state index in [1.54, 1.807) is 11.3 Å². The number of piperidine rings is 1. The molecule has 0 saturated carbocycles. The fourth-order valence-electron chi connectivity index (χ4n) is 4.40. The number of allylic oxidation sites excluding steroid dienone is 1. The van der Waals surface area contributed by atoms with Crippen LogP contribution in [0.1, 0.15) is 47.5 Å². The second-order valence-electron chi connectivity index (χ2n) is 7.91. The first-order chi connectivity index (χ1) is 13.6. The third-order valence-corrected chi connectivity index (χ3v) is 7.24. The van der Waals surface area contributed by atoms with E-state index in [0.29, 0.717) is 0 Å².